The Kier molecular flexibility index (Phi) is 3.99. The number of nitrogens with zero attached hydrogens (tertiary/aromatic N) is 3. The molecule has 0 saturated carbocycles. The van der Waals surface area contributed by atoms with Crippen LogP contribution in [0.5, 0.6) is 0 Å². The summed E-state index contributed by atoms with van der Waals surface area (Å²) in [5.41, 5.74) is 2.24. The van der Waals surface area contributed by atoms with Gasteiger partial charge in [0.2, 0.25) is 0 Å². The molecule has 0 radical (unpaired) electrons. The average Bonchev–Trinajstić information content (AvgIpc) is 2.92. The number of H-pyrrole nitrogens is 1. The maximum absolute atomic E-state index is 12.8. The van der Waals surface area contributed by atoms with E-state index in [1.165, 1.54) is 6.07 Å². The second-order valence-electron chi connectivity index (χ2n) is 5.56. The fraction of sp³-hybridized carbons (Fsp3) is 0.429. The summed E-state index contributed by atoms with van der Waals surface area (Å²) in [7, 11) is 1.99. The van der Waals surface area contributed by atoms with Crippen LogP contribution in [-0.2, 0) is 6.18 Å². The fourth-order valence-corrected chi connectivity index (χ4v) is 2.48. The Labute approximate surface area is 130 Å². The van der Waals surface area contributed by atoms with Crippen molar-refractivity contribution in [2.45, 2.75) is 6.18 Å². The minimum absolute atomic E-state index is 0.0370. The largest absolute Gasteiger partial charge is 0.416 e. The maximum Gasteiger partial charge on any atom is 0.416 e. The van der Waals surface area contributed by atoms with Crippen molar-refractivity contribution in [3.05, 3.63) is 29.5 Å². The molecule has 0 bridgehead atoms. The van der Waals surface area contributed by atoms with Gasteiger partial charge < -0.3 is 4.90 Å². The third-order valence-electron chi connectivity index (χ3n) is 3.87. The van der Waals surface area contributed by atoms with Crippen LogP contribution >= 0.6 is 0 Å². The number of halogens is 3. The normalized spacial score (nSPS) is 17.6. The van der Waals surface area contributed by atoms with Gasteiger partial charge in [-0.05, 0) is 25.2 Å². The quantitative estimate of drug-likeness (QED) is 0.877. The zero-order chi connectivity index (χ0) is 16.6. The van der Waals surface area contributed by atoms with Gasteiger partial charge in [0.1, 0.15) is 0 Å². The molecule has 1 fully saturated rings. The van der Waals surface area contributed by atoms with Crippen molar-refractivity contribution >= 4 is 16.8 Å². The number of hydrogen-bond acceptors (Lipinski definition) is 4. The van der Waals surface area contributed by atoms with Gasteiger partial charge in [-0.3, -0.25) is 15.3 Å². The van der Waals surface area contributed by atoms with Crippen molar-refractivity contribution in [2.24, 2.45) is 0 Å². The first-order valence-corrected chi connectivity index (χ1v) is 7.14. The van der Waals surface area contributed by atoms with E-state index in [-0.39, 0.29) is 11.1 Å². The van der Waals surface area contributed by atoms with Crippen molar-refractivity contribution in [1.82, 2.24) is 25.5 Å². The highest BCUT2D eigenvalue weighted by Crippen LogP contribution is 2.31. The molecule has 0 unspecified atom stereocenters. The van der Waals surface area contributed by atoms with E-state index in [4.69, 9.17) is 0 Å². The summed E-state index contributed by atoms with van der Waals surface area (Å²) in [6.07, 6.45) is -4.46. The summed E-state index contributed by atoms with van der Waals surface area (Å²) < 4.78 is 38.5. The second kappa shape index (κ2) is 5.82. The van der Waals surface area contributed by atoms with Crippen LogP contribution in [0.1, 0.15) is 16.1 Å². The molecule has 2 heterocycles. The number of aromatic nitrogens is 2. The number of carbonyl (C=O) groups is 1. The molecular weight excluding hydrogens is 311 g/mol. The molecular formula is C14H16F3N5O. The molecule has 23 heavy (non-hydrogen) atoms. The lowest BCUT2D eigenvalue weighted by Gasteiger charge is -2.32. The molecule has 2 aromatic rings. The van der Waals surface area contributed by atoms with E-state index in [0.717, 1.165) is 25.2 Å². The maximum atomic E-state index is 12.8. The first-order valence-electron chi connectivity index (χ1n) is 7.14. The number of carbonyl (C=O) groups excluding carboxylic acids is 1. The number of hydrogen-bond donors (Lipinski definition) is 2. The molecule has 1 aliphatic rings. The highest BCUT2D eigenvalue weighted by atomic mass is 19.4. The van der Waals surface area contributed by atoms with Crippen LogP contribution in [0.2, 0.25) is 0 Å². The lowest BCUT2D eigenvalue weighted by molar-refractivity contribution is -0.137. The lowest BCUT2D eigenvalue weighted by atomic mass is 10.1. The first kappa shape index (κ1) is 15.8. The Hall–Kier alpha value is -2.13. The molecule has 1 saturated heterocycles. The molecule has 3 rings (SSSR count). The highest BCUT2D eigenvalue weighted by Gasteiger charge is 2.31. The zero-order valence-corrected chi connectivity index (χ0v) is 12.4. The number of hydrazine groups is 1. The molecule has 124 valence electrons. The summed E-state index contributed by atoms with van der Waals surface area (Å²) >= 11 is 0. The minimum Gasteiger partial charge on any atom is -0.304 e. The molecule has 1 aromatic heterocycles. The standard InChI is InChI=1S/C14H16F3N5O/c1-21-4-6-22(7-5-21)20-13(23)12-10-8-9(14(15,16)17)2-3-11(10)18-19-12/h2-3,8H,4-7H2,1H3,(H,18,19)(H,20,23). The van der Waals surface area contributed by atoms with E-state index in [1.807, 2.05) is 7.05 Å². The van der Waals surface area contributed by atoms with Crippen molar-refractivity contribution < 1.29 is 18.0 Å². The first-order chi connectivity index (χ1) is 10.8. The monoisotopic (exact) mass is 327 g/mol. The summed E-state index contributed by atoms with van der Waals surface area (Å²) in [6, 6.07) is 3.18. The van der Waals surface area contributed by atoms with E-state index in [9.17, 15) is 18.0 Å². The van der Waals surface area contributed by atoms with Gasteiger partial charge in [0, 0.05) is 31.6 Å². The summed E-state index contributed by atoms with van der Waals surface area (Å²) in [4.78, 5) is 14.4. The van der Waals surface area contributed by atoms with E-state index in [2.05, 4.69) is 20.5 Å². The predicted molar refractivity (Wildman–Crippen MR) is 77.6 cm³/mol. The number of nitrogens with one attached hydrogen (secondary N) is 2. The summed E-state index contributed by atoms with van der Waals surface area (Å²) in [5.74, 6) is -0.514. The Bertz CT molecular complexity index is 719. The van der Waals surface area contributed by atoms with E-state index < -0.39 is 17.6 Å². The Morgan fingerprint density at radius 1 is 1.26 bits per heavy atom. The van der Waals surface area contributed by atoms with Crippen molar-refractivity contribution in [3.63, 3.8) is 0 Å². The number of piperazine rings is 1. The molecule has 6 nitrogen and oxygen atoms in total. The Morgan fingerprint density at radius 3 is 2.61 bits per heavy atom. The minimum atomic E-state index is -4.46. The molecule has 2 N–H and O–H groups in total. The highest BCUT2D eigenvalue weighted by molar-refractivity contribution is 6.04. The van der Waals surface area contributed by atoms with Crippen LogP contribution in [0, 0.1) is 0 Å². The Balaban J connectivity index is 1.83. The van der Waals surface area contributed by atoms with Crippen LogP contribution in [0.25, 0.3) is 10.9 Å². The van der Waals surface area contributed by atoms with Gasteiger partial charge in [-0.25, -0.2) is 5.01 Å². The van der Waals surface area contributed by atoms with Gasteiger partial charge >= 0.3 is 6.18 Å². The molecule has 0 aliphatic carbocycles. The number of amides is 1. The van der Waals surface area contributed by atoms with Crippen LogP contribution < -0.4 is 5.43 Å². The predicted octanol–water partition coefficient (Wildman–Crippen LogP) is 1.47. The van der Waals surface area contributed by atoms with Gasteiger partial charge in [-0.2, -0.15) is 18.3 Å². The third kappa shape index (κ3) is 3.30. The average molecular weight is 327 g/mol. The molecule has 0 atom stereocenters. The van der Waals surface area contributed by atoms with E-state index in [0.29, 0.717) is 18.6 Å². The van der Waals surface area contributed by atoms with Gasteiger partial charge in [-0.1, -0.05) is 0 Å². The number of benzene rings is 1. The molecule has 0 spiro atoms. The third-order valence-corrected chi connectivity index (χ3v) is 3.87. The molecule has 1 aliphatic heterocycles. The van der Waals surface area contributed by atoms with E-state index >= 15 is 0 Å². The van der Waals surface area contributed by atoms with Gasteiger partial charge in [0.15, 0.2) is 5.69 Å². The van der Waals surface area contributed by atoms with Gasteiger partial charge in [0.05, 0.1) is 11.1 Å². The number of rotatable bonds is 2. The van der Waals surface area contributed by atoms with Crippen molar-refractivity contribution in [2.75, 3.05) is 33.2 Å². The zero-order valence-electron chi connectivity index (χ0n) is 12.4. The van der Waals surface area contributed by atoms with E-state index in [1.54, 1.807) is 5.01 Å². The smallest absolute Gasteiger partial charge is 0.304 e. The van der Waals surface area contributed by atoms with Gasteiger partial charge in [0.25, 0.3) is 5.91 Å². The van der Waals surface area contributed by atoms with Gasteiger partial charge in [-0.15, -0.1) is 0 Å². The number of likely N-dealkylation sites (N-methyl/N-ethyl adjacent to an activating group) is 1. The summed E-state index contributed by atoms with van der Waals surface area (Å²) in [6.45, 7) is 2.91. The fourth-order valence-electron chi connectivity index (χ4n) is 2.48. The number of fused-ring (bicyclic) bond motifs is 1. The van der Waals surface area contributed by atoms with Crippen LogP contribution in [0.3, 0.4) is 0 Å². The topological polar surface area (TPSA) is 64.3 Å². The van der Waals surface area contributed by atoms with Crippen LogP contribution in [0.4, 0.5) is 13.2 Å². The van der Waals surface area contributed by atoms with Crippen molar-refractivity contribution in [1.29, 1.82) is 0 Å². The van der Waals surface area contributed by atoms with Crippen LogP contribution in [0.15, 0.2) is 18.2 Å². The number of alkyl halides is 3. The summed E-state index contributed by atoms with van der Waals surface area (Å²) in [5, 5.41) is 8.35. The molecule has 1 amide bonds. The lowest BCUT2D eigenvalue weighted by Crippen LogP contribution is -2.52. The van der Waals surface area contributed by atoms with Crippen LogP contribution in [-0.4, -0.2) is 59.2 Å². The SMILES string of the molecule is CN1CCN(NC(=O)c2n[nH]c3ccc(C(F)(F)F)cc23)CC1. The molecule has 1 aromatic carbocycles. The van der Waals surface area contributed by atoms with Crippen molar-refractivity contribution in [3.8, 4) is 0 Å². The number of aromatic amines is 1. The Morgan fingerprint density at radius 2 is 1.96 bits per heavy atom. The second-order valence-corrected chi connectivity index (χ2v) is 5.56. The molecule has 9 heteroatoms.